The fourth-order valence-corrected chi connectivity index (χ4v) is 4.01. The van der Waals surface area contributed by atoms with Crippen molar-refractivity contribution in [3.8, 4) is 6.07 Å². The molecule has 154 valence electrons. The number of rotatable bonds is 10. The SMILES string of the molecule is CC(C)NCCCS(=O)(=O)c1ccc(Nc2ncc(C#N)c(NC3CC3)n2)cc1. The number of nitrogens with one attached hydrogen (secondary N) is 3. The van der Waals surface area contributed by atoms with Crippen LogP contribution in [0.25, 0.3) is 0 Å². The number of hydrogen-bond acceptors (Lipinski definition) is 8. The first-order valence-corrected chi connectivity index (χ1v) is 11.4. The van der Waals surface area contributed by atoms with Crippen LogP contribution < -0.4 is 16.0 Å². The van der Waals surface area contributed by atoms with Crippen molar-refractivity contribution in [1.29, 1.82) is 5.26 Å². The molecule has 2 aromatic rings. The summed E-state index contributed by atoms with van der Waals surface area (Å²) in [6, 6.07) is 9.34. The third kappa shape index (κ3) is 6.14. The van der Waals surface area contributed by atoms with Gasteiger partial charge in [-0.1, -0.05) is 13.8 Å². The molecule has 8 nitrogen and oxygen atoms in total. The standard InChI is InChI=1S/C20H26N6O2S/c1-14(2)22-10-3-11-29(27,28)18-8-6-17(7-9-18)25-20-23-13-15(12-21)19(26-20)24-16-4-5-16/h6-9,13-14,16,22H,3-5,10-11H2,1-2H3,(H2,23,24,25,26). The first-order valence-electron chi connectivity index (χ1n) is 9.74. The number of anilines is 3. The van der Waals surface area contributed by atoms with E-state index in [9.17, 15) is 13.7 Å². The van der Waals surface area contributed by atoms with Gasteiger partial charge in [-0.05, 0) is 50.1 Å². The third-order valence-electron chi connectivity index (χ3n) is 4.44. The summed E-state index contributed by atoms with van der Waals surface area (Å²) in [7, 11) is -3.32. The van der Waals surface area contributed by atoms with Crippen LogP contribution in [0, 0.1) is 11.3 Å². The second-order valence-corrected chi connectivity index (χ2v) is 9.53. The molecule has 1 aliphatic rings. The van der Waals surface area contributed by atoms with Crippen LogP contribution in [0.1, 0.15) is 38.7 Å². The van der Waals surface area contributed by atoms with E-state index in [-0.39, 0.29) is 5.75 Å². The van der Waals surface area contributed by atoms with E-state index in [4.69, 9.17) is 0 Å². The van der Waals surface area contributed by atoms with Gasteiger partial charge in [-0.25, -0.2) is 13.4 Å². The van der Waals surface area contributed by atoms with Gasteiger partial charge in [0.2, 0.25) is 5.95 Å². The molecule has 3 N–H and O–H groups in total. The monoisotopic (exact) mass is 414 g/mol. The van der Waals surface area contributed by atoms with E-state index in [1.54, 1.807) is 24.3 Å². The molecule has 29 heavy (non-hydrogen) atoms. The Balaban J connectivity index is 1.63. The van der Waals surface area contributed by atoms with Crippen molar-refractivity contribution in [3.63, 3.8) is 0 Å². The van der Waals surface area contributed by atoms with E-state index in [0.717, 1.165) is 12.8 Å². The minimum absolute atomic E-state index is 0.106. The van der Waals surface area contributed by atoms with Crippen molar-refractivity contribution >= 4 is 27.3 Å². The minimum atomic E-state index is -3.32. The van der Waals surface area contributed by atoms with Crippen LogP contribution in [0.5, 0.6) is 0 Å². The first kappa shape index (κ1) is 21.0. The van der Waals surface area contributed by atoms with Crippen LogP contribution in [0.15, 0.2) is 35.4 Å². The second-order valence-electron chi connectivity index (χ2n) is 7.42. The van der Waals surface area contributed by atoms with Crippen molar-refractivity contribution in [3.05, 3.63) is 36.0 Å². The Bertz CT molecular complexity index is 979. The van der Waals surface area contributed by atoms with E-state index in [0.29, 0.717) is 53.0 Å². The zero-order valence-corrected chi connectivity index (χ0v) is 17.5. The summed E-state index contributed by atoms with van der Waals surface area (Å²) in [5.74, 6) is 0.971. The Kier molecular flexibility index (Phi) is 6.67. The lowest BCUT2D eigenvalue weighted by Gasteiger charge is -2.10. The van der Waals surface area contributed by atoms with E-state index in [1.807, 2.05) is 13.8 Å². The highest BCUT2D eigenvalue weighted by molar-refractivity contribution is 7.91. The molecule has 0 saturated heterocycles. The average Bonchev–Trinajstić information content (AvgIpc) is 3.50. The van der Waals surface area contributed by atoms with Gasteiger partial charge in [-0.2, -0.15) is 10.2 Å². The van der Waals surface area contributed by atoms with Crippen molar-refractivity contribution in [2.24, 2.45) is 0 Å². The molecule has 0 amide bonds. The van der Waals surface area contributed by atoms with Gasteiger partial charge in [0, 0.05) is 17.8 Å². The molecular weight excluding hydrogens is 388 g/mol. The zero-order valence-electron chi connectivity index (χ0n) is 16.6. The topological polar surface area (TPSA) is 120 Å². The van der Waals surface area contributed by atoms with E-state index in [1.165, 1.54) is 6.20 Å². The summed E-state index contributed by atoms with van der Waals surface area (Å²) in [6.45, 7) is 4.73. The van der Waals surface area contributed by atoms with Crippen LogP contribution >= 0.6 is 0 Å². The molecular formula is C20H26N6O2S. The summed E-state index contributed by atoms with van der Waals surface area (Å²) >= 11 is 0. The minimum Gasteiger partial charge on any atom is -0.366 e. The number of sulfone groups is 1. The molecule has 9 heteroatoms. The second kappa shape index (κ2) is 9.20. The van der Waals surface area contributed by atoms with Crippen molar-refractivity contribution in [2.75, 3.05) is 22.9 Å². The summed E-state index contributed by atoms with van der Waals surface area (Å²) in [5, 5.41) is 18.7. The van der Waals surface area contributed by atoms with Gasteiger partial charge < -0.3 is 16.0 Å². The van der Waals surface area contributed by atoms with Crippen molar-refractivity contribution in [2.45, 2.75) is 50.1 Å². The normalized spacial score (nSPS) is 13.9. The Labute approximate surface area is 171 Å². The fourth-order valence-electron chi connectivity index (χ4n) is 2.70. The van der Waals surface area contributed by atoms with Gasteiger partial charge in [-0.15, -0.1) is 0 Å². The highest BCUT2D eigenvalue weighted by Gasteiger charge is 2.23. The molecule has 0 atom stereocenters. The lowest BCUT2D eigenvalue weighted by atomic mass is 10.3. The van der Waals surface area contributed by atoms with Crippen LogP contribution in [-0.4, -0.2) is 42.8 Å². The van der Waals surface area contributed by atoms with E-state index in [2.05, 4.69) is 32.0 Å². The lowest BCUT2D eigenvalue weighted by molar-refractivity contribution is 0.568. The van der Waals surface area contributed by atoms with Crippen LogP contribution in [0.2, 0.25) is 0 Å². The number of benzene rings is 1. The quantitative estimate of drug-likeness (QED) is 0.508. The van der Waals surface area contributed by atoms with Gasteiger partial charge in [0.15, 0.2) is 9.84 Å². The maximum Gasteiger partial charge on any atom is 0.229 e. The smallest absolute Gasteiger partial charge is 0.229 e. The molecule has 1 aliphatic carbocycles. The number of aromatic nitrogens is 2. The first-order chi connectivity index (χ1) is 13.9. The van der Waals surface area contributed by atoms with Gasteiger partial charge >= 0.3 is 0 Å². The van der Waals surface area contributed by atoms with Gasteiger partial charge in [0.05, 0.1) is 16.8 Å². The molecule has 0 aliphatic heterocycles. The zero-order chi connectivity index (χ0) is 20.9. The fraction of sp³-hybridized carbons (Fsp3) is 0.450. The average molecular weight is 415 g/mol. The van der Waals surface area contributed by atoms with E-state index >= 15 is 0 Å². The summed E-state index contributed by atoms with van der Waals surface area (Å²) in [4.78, 5) is 8.83. The maximum absolute atomic E-state index is 12.5. The predicted molar refractivity (Wildman–Crippen MR) is 113 cm³/mol. The Morgan fingerprint density at radius 3 is 2.59 bits per heavy atom. The van der Waals surface area contributed by atoms with Crippen molar-refractivity contribution in [1.82, 2.24) is 15.3 Å². The van der Waals surface area contributed by atoms with Gasteiger partial charge in [0.1, 0.15) is 17.5 Å². The molecule has 0 spiro atoms. The van der Waals surface area contributed by atoms with Crippen molar-refractivity contribution < 1.29 is 8.42 Å². The Morgan fingerprint density at radius 1 is 1.24 bits per heavy atom. The lowest BCUT2D eigenvalue weighted by Crippen LogP contribution is -2.25. The summed E-state index contributed by atoms with van der Waals surface area (Å²) < 4.78 is 24.9. The largest absolute Gasteiger partial charge is 0.366 e. The van der Waals surface area contributed by atoms with E-state index < -0.39 is 9.84 Å². The van der Waals surface area contributed by atoms with Crippen LogP contribution in [0.3, 0.4) is 0 Å². The molecule has 1 saturated carbocycles. The molecule has 1 fully saturated rings. The molecule has 1 aromatic heterocycles. The van der Waals surface area contributed by atoms with Crippen LogP contribution in [0.4, 0.5) is 17.5 Å². The predicted octanol–water partition coefficient (Wildman–Crippen LogP) is 2.83. The van der Waals surface area contributed by atoms with Gasteiger partial charge in [0.25, 0.3) is 0 Å². The van der Waals surface area contributed by atoms with Gasteiger partial charge in [-0.3, -0.25) is 0 Å². The molecule has 0 bridgehead atoms. The molecule has 1 aromatic carbocycles. The van der Waals surface area contributed by atoms with Crippen LogP contribution in [-0.2, 0) is 9.84 Å². The highest BCUT2D eigenvalue weighted by atomic mass is 32.2. The number of hydrogen-bond donors (Lipinski definition) is 3. The molecule has 3 rings (SSSR count). The number of nitrogens with zero attached hydrogens (tertiary/aromatic N) is 3. The summed E-state index contributed by atoms with van der Waals surface area (Å²) in [5.41, 5.74) is 1.07. The maximum atomic E-state index is 12.5. The Hall–Kier alpha value is -2.70. The molecule has 0 radical (unpaired) electrons. The Morgan fingerprint density at radius 2 is 1.97 bits per heavy atom. The summed E-state index contributed by atoms with van der Waals surface area (Å²) in [6.07, 6.45) is 4.18. The molecule has 1 heterocycles. The third-order valence-corrected chi connectivity index (χ3v) is 6.26. The molecule has 0 unspecified atom stereocenters. The highest BCUT2D eigenvalue weighted by Crippen LogP contribution is 2.26. The number of nitriles is 1.